The van der Waals surface area contributed by atoms with Gasteiger partial charge in [-0.2, -0.15) is 0 Å². The molecule has 4 nitrogen and oxygen atoms in total. The number of likely N-dealkylation sites (tertiary alicyclic amines) is 1. The first kappa shape index (κ1) is 7.50. The molecule has 10 heavy (non-hydrogen) atoms. The van der Waals surface area contributed by atoms with E-state index in [0.717, 1.165) is 0 Å². The summed E-state index contributed by atoms with van der Waals surface area (Å²) in [7, 11) is 3.29. The Morgan fingerprint density at radius 1 is 1.70 bits per heavy atom. The van der Waals surface area contributed by atoms with E-state index in [1.165, 1.54) is 7.11 Å². The molecule has 0 aliphatic carbocycles. The van der Waals surface area contributed by atoms with Crippen LogP contribution < -0.4 is 0 Å². The lowest BCUT2D eigenvalue weighted by atomic mass is 9.95. The molecule has 4 heteroatoms. The van der Waals surface area contributed by atoms with Crippen molar-refractivity contribution in [1.82, 2.24) is 4.90 Å². The first-order valence-corrected chi connectivity index (χ1v) is 3.08. The van der Waals surface area contributed by atoms with Gasteiger partial charge in [-0.1, -0.05) is 0 Å². The summed E-state index contributed by atoms with van der Waals surface area (Å²) < 4.78 is 4.86. The minimum atomic E-state index is -0.922. The van der Waals surface area contributed by atoms with E-state index < -0.39 is 11.6 Å². The molecule has 58 valence electrons. The van der Waals surface area contributed by atoms with E-state index in [1.54, 1.807) is 0 Å². The van der Waals surface area contributed by atoms with E-state index >= 15 is 0 Å². The third kappa shape index (κ3) is 0.892. The van der Waals surface area contributed by atoms with Crippen LogP contribution >= 0.6 is 0 Å². The Morgan fingerprint density at radius 3 is 2.30 bits per heavy atom. The summed E-state index contributed by atoms with van der Waals surface area (Å²) in [6.07, 6.45) is 0. The van der Waals surface area contributed by atoms with Crippen molar-refractivity contribution in [3.63, 3.8) is 0 Å². The Kier molecular flexibility index (Phi) is 1.66. The minimum absolute atomic E-state index is 0.485. The molecule has 0 aromatic rings. The molecule has 0 aromatic carbocycles. The lowest BCUT2D eigenvalue weighted by molar-refractivity contribution is -0.182. The molecule has 0 amide bonds. The maximum atomic E-state index is 10.5. The Morgan fingerprint density at radius 2 is 2.20 bits per heavy atom. The second kappa shape index (κ2) is 2.21. The van der Waals surface area contributed by atoms with Crippen LogP contribution in [0.15, 0.2) is 0 Å². The van der Waals surface area contributed by atoms with Crippen molar-refractivity contribution in [2.24, 2.45) is 0 Å². The number of carbonyl (C=O) groups is 1. The molecule has 1 saturated heterocycles. The van der Waals surface area contributed by atoms with Crippen LogP contribution in [0.2, 0.25) is 0 Å². The van der Waals surface area contributed by atoms with E-state index in [2.05, 4.69) is 0 Å². The van der Waals surface area contributed by atoms with Gasteiger partial charge in [-0.25, -0.2) is 4.79 Å². The topological polar surface area (TPSA) is 49.8 Å². The second-order valence-electron chi connectivity index (χ2n) is 2.68. The number of rotatable bonds is 2. The summed E-state index contributed by atoms with van der Waals surface area (Å²) in [5.74, 6) is -0.867. The highest BCUT2D eigenvalue weighted by molar-refractivity contribution is 5.79. The number of aliphatic carboxylic acids is 1. The molecule has 0 atom stereocenters. The van der Waals surface area contributed by atoms with E-state index in [1.807, 2.05) is 11.9 Å². The van der Waals surface area contributed by atoms with Gasteiger partial charge in [0.2, 0.25) is 0 Å². The van der Waals surface area contributed by atoms with Gasteiger partial charge in [0, 0.05) is 20.2 Å². The Bertz CT molecular complexity index is 151. The average Bonchev–Trinajstić information content (AvgIpc) is 1.79. The van der Waals surface area contributed by atoms with Gasteiger partial charge < -0.3 is 9.84 Å². The molecule has 0 bridgehead atoms. The average molecular weight is 145 g/mol. The summed E-state index contributed by atoms with van der Waals surface area (Å²) in [6, 6.07) is 0. The maximum absolute atomic E-state index is 10.5. The van der Waals surface area contributed by atoms with Crippen LogP contribution in [0.25, 0.3) is 0 Å². The first-order chi connectivity index (χ1) is 4.60. The van der Waals surface area contributed by atoms with Crippen LogP contribution in [0.5, 0.6) is 0 Å². The summed E-state index contributed by atoms with van der Waals surface area (Å²) in [4.78, 5) is 12.4. The summed E-state index contributed by atoms with van der Waals surface area (Å²) in [6.45, 7) is 0.970. The van der Waals surface area contributed by atoms with Gasteiger partial charge >= 0.3 is 5.97 Å². The van der Waals surface area contributed by atoms with E-state index in [4.69, 9.17) is 9.84 Å². The largest absolute Gasteiger partial charge is 0.479 e. The highest BCUT2D eigenvalue weighted by Gasteiger charge is 2.48. The van der Waals surface area contributed by atoms with Crippen LogP contribution in [-0.2, 0) is 9.53 Å². The predicted octanol–water partition coefficient (Wildman–Crippen LogP) is -0.598. The van der Waals surface area contributed by atoms with E-state index in [-0.39, 0.29) is 0 Å². The van der Waals surface area contributed by atoms with Crippen LogP contribution in [-0.4, -0.2) is 48.8 Å². The molecule has 0 spiro atoms. The molecule has 0 radical (unpaired) electrons. The third-order valence-corrected chi connectivity index (χ3v) is 1.83. The zero-order chi connectivity index (χ0) is 7.78. The molecule has 1 aliphatic rings. The van der Waals surface area contributed by atoms with Crippen LogP contribution in [0.3, 0.4) is 0 Å². The fourth-order valence-corrected chi connectivity index (χ4v) is 1.18. The van der Waals surface area contributed by atoms with E-state index in [0.29, 0.717) is 13.1 Å². The van der Waals surface area contributed by atoms with Gasteiger partial charge in [-0.05, 0) is 7.05 Å². The number of hydrogen-bond donors (Lipinski definition) is 1. The highest BCUT2D eigenvalue weighted by atomic mass is 16.5. The second-order valence-corrected chi connectivity index (χ2v) is 2.68. The minimum Gasteiger partial charge on any atom is -0.479 e. The number of nitrogens with zero attached hydrogens (tertiary/aromatic N) is 1. The molecule has 0 saturated carbocycles. The number of likely N-dealkylation sites (N-methyl/N-ethyl adjacent to an activating group) is 1. The first-order valence-electron chi connectivity index (χ1n) is 3.08. The molecular weight excluding hydrogens is 134 g/mol. The summed E-state index contributed by atoms with van der Waals surface area (Å²) in [5, 5.41) is 8.65. The quantitative estimate of drug-likeness (QED) is 0.563. The van der Waals surface area contributed by atoms with Gasteiger partial charge in [0.25, 0.3) is 0 Å². The number of carboxylic acids is 1. The van der Waals surface area contributed by atoms with Gasteiger partial charge in [0.05, 0.1) is 0 Å². The number of carboxylic acid groups (broad SMARTS) is 1. The van der Waals surface area contributed by atoms with Crippen molar-refractivity contribution in [3.8, 4) is 0 Å². The SMILES string of the molecule is COC1(C(=O)O)CN(C)C1. The van der Waals surface area contributed by atoms with Crippen LogP contribution in [0, 0.1) is 0 Å². The normalized spacial score (nSPS) is 23.8. The van der Waals surface area contributed by atoms with Crippen molar-refractivity contribution >= 4 is 5.97 Å². The van der Waals surface area contributed by atoms with Crippen molar-refractivity contribution in [2.75, 3.05) is 27.2 Å². The number of ether oxygens (including phenoxy) is 1. The number of hydrogen-bond acceptors (Lipinski definition) is 3. The van der Waals surface area contributed by atoms with Crippen molar-refractivity contribution in [2.45, 2.75) is 5.60 Å². The fourth-order valence-electron chi connectivity index (χ4n) is 1.18. The predicted molar refractivity (Wildman–Crippen MR) is 34.9 cm³/mol. The van der Waals surface area contributed by atoms with Gasteiger partial charge in [0.1, 0.15) is 0 Å². The number of methoxy groups -OCH3 is 1. The van der Waals surface area contributed by atoms with Crippen LogP contribution in [0.1, 0.15) is 0 Å². The third-order valence-electron chi connectivity index (χ3n) is 1.83. The monoisotopic (exact) mass is 145 g/mol. The Hall–Kier alpha value is -0.610. The molecule has 0 unspecified atom stereocenters. The zero-order valence-corrected chi connectivity index (χ0v) is 6.13. The highest BCUT2D eigenvalue weighted by Crippen LogP contribution is 2.22. The molecule has 0 aromatic heterocycles. The molecule has 1 aliphatic heterocycles. The molecule has 1 rings (SSSR count). The zero-order valence-electron chi connectivity index (χ0n) is 6.13. The van der Waals surface area contributed by atoms with Crippen LogP contribution in [0.4, 0.5) is 0 Å². The Balaban J connectivity index is 2.56. The lowest BCUT2D eigenvalue weighted by Crippen LogP contribution is -2.65. The molecular formula is C6H11NO3. The lowest BCUT2D eigenvalue weighted by Gasteiger charge is -2.43. The van der Waals surface area contributed by atoms with Gasteiger partial charge in [0.15, 0.2) is 5.60 Å². The van der Waals surface area contributed by atoms with E-state index in [9.17, 15) is 4.79 Å². The summed E-state index contributed by atoms with van der Waals surface area (Å²) >= 11 is 0. The van der Waals surface area contributed by atoms with Crippen molar-refractivity contribution in [1.29, 1.82) is 0 Å². The van der Waals surface area contributed by atoms with Crippen molar-refractivity contribution in [3.05, 3.63) is 0 Å². The molecule has 1 N–H and O–H groups in total. The molecule has 1 fully saturated rings. The molecule has 1 heterocycles. The standard InChI is InChI=1S/C6H11NO3/c1-7-3-6(4-7,10-2)5(8)9/h3-4H2,1-2H3,(H,8,9). The van der Waals surface area contributed by atoms with Crippen molar-refractivity contribution < 1.29 is 14.6 Å². The smallest absolute Gasteiger partial charge is 0.338 e. The van der Waals surface area contributed by atoms with Gasteiger partial charge in [-0.3, -0.25) is 4.90 Å². The Labute approximate surface area is 59.4 Å². The van der Waals surface area contributed by atoms with Gasteiger partial charge in [-0.15, -0.1) is 0 Å². The summed E-state index contributed by atoms with van der Waals surface area (Å²) in [5.41, 5.74) is -0.922. The maximum Gasteiger partial charge on any atom is 0.338 e. The fraction of sp³-hybridized carbons (Fsp3) is 0.833.